The van der Waals surface area contributed by atoms with Gasteiger partial charge in [-0.2, -0.15) is 0 Å². The molecule has 0 aliphatic heterocycles. The molecule has 12 aromatic rings. The third kappa shape index (κ3) is 6.12. The number of hydrogen-bond donors (Lipinski definition) is 0. The van der Waals surface area contributed by atoms with E-state index in [1.165, 1.54) is 70.9 Å². The van der Waals surface area contributed by atoms with Gasteiger partial charge in [-0.15, -0.1) is 0 Å². The van der Waals surface area contributed by atoms with Crippen molar-refractivity contribution in [2.75, 3.05) is 4.90 Å². The molecule has 0 bridgehead atoms. The molecule has 11 aromatic carbocycles. The first kappa shape index (κ1) is 35.7. The fourth-order valence-electron chi connectivity index (χ4n) is 9.47. The molecular weight excluding hydrogens is 751 g/mol. The summed E-state index contributed by atoms with van der Waals surface area (Å²) in [7, 11) is 0. The van der Waals surface area contributed by atoms with Gasteiger partial charge in [0.1, 0.15) is 11.3 Å². The Balaban J connectivity index is 0.998. The third-order valence-corrected chi connectivity index (χ3v) is 12.5. The van der Waals surface area contributed by atoms with Crippen LogP contribution in [0, 0.1) is 0 Å². The molecule has 0 radical (unpaired) electrons. The lowest BCUT2D eigenvalue weighted by Crippen LogP contribution is -2.10. The van der Waals surface area contributed by atoms with Crippen LogP contribution in [-0.2, 0) is 0 Å². The average molecular weight is 790 g/mol. The van der Waals surface area contributed by atoms with Crippen molar-refractivity contribution in [2.24, 2.45) is 0 Å². The van der Waals surface area contributed by atoms with Crippen molar-refractivity contribution >= 4 is 71.1 Å². The molecule has 0 aliphatic rings. The molecule has 0 N–H and O–H groups in total. The Labute approximate surface area is 360 Å². The maximum atomic E-state index is 6.31. The summed E-state index contributed by atoms with van der Waals surface area (Å²) < 4.78 is 6.31. The summed E-state index contributed by atoms with van der Waals surface area (Å²) in [5.74, 6) is 0.868. The van der Waals surface area contributed by atoms with Crippen molar-refractivity contribution < 1.29 is 4.42 Å². The molecule has 0 unspecified atom stereocenters. The number of nitrogens with zero attached hydrogens (tertiary/aromatic N) is 1. The molecule has 1 aromatic heterocycles. The van der Waals surface area contributed by atoms with E-state index in [1.54, 1.807) is 0 Å². The Kier molecular flexibility index (Phi) is 8.53. The summed E-state index contributed by atoms with van der Waals surface area (Å²) in [5.41, 5.74) is 12.4. The van der Waals surface area contributed by atoms with Crippen molar-refractivity contribution in [3.8, 4) is 44.7 Å². The van der Waals surface area contributed by atoms with Crippen LogP contribution in [0.4, 0.5) is 17.1 Å². The lowest BCUT2D eigenvalue weighted by Gasteiger charge is -2.28. The summed E-state index contributed by atoms with van der Waals surface area (Å²) in [6.45, 7) is 0. The minimum atomic E-state index is 0.868. The Morgan fingerprint density at radius 1 is 0.274 bits per heavy atom. The van der Waals surface area contributed by atoms with Crippen LogP contribution in [0.2, 0.25) is 0 Å². The number of benzene rings is 11. The average Bonchev–Trinajstić information content (AvgIpc) is 3.79. The highest BCUT2D eigenvalue weighted by atomic mass is 16.3. The standard InChI is InChI=1S/C60H39NO/c1-4-19-49-40(13-1)16-12-25-50(49)41-27-31-47(32-28-41)61(48-33-29-42(30-34-48)57-38-44-14-2-5-20-51(44)53-21-6-7-23-55(53)57)58-36-35-52(54-22-8-9-24-56(54)58)43-17-11-18-45(37-43)60-39-46-15-3-10-26-59(46)62-60/h1-39H. The number of rotatable bonds is 7. The molecule has 62 heavy (non-hydrogen) atoms. The predicted molar refractivity (Wildman–Crippen MR) is 263 cm³/mol. The van der Waals surface area contributed by atoms with E-state index in [0.717, 1.165) is 44.9 Å². The summed E-state index contributed by atoms with van der Waals surface area (Å²) in [5, 5.41) is 11.0. The highest BCUT2D eigenvalue weighted by Crippen LogP contribution is 2.44. The van der Waals surface area contributed by atoms with Gasteiger partial charge in [-0.1, -0.05) is 182 Å². The molecule has 0 saturated carbocycles. The van der Waals surface area contributed by atoms with E-state index in [9.17, 15) is 0 Å². The van der Waals surface area contributed by atoms with Gasteiger partial charge in [-0.3, -0.25) is 0 Å². The Morgan fingerprint density at radius 2 is 0.806 bits per heavy atom. The van der Waals surface area contributed by atoms with E-state index in [4.69, 9.17) is 4.42 Å². The molecule has 0 aliphatic carbocycles. The SMILES string of the molecule is c1cc(-c2cc3ccccc3o2)cc(-c2ccc(N(c3ccc(-c4cccc5ccccc45)cc3)c3ccc(-c4cc5ccccc5c5ccccc45)cc3)c3ccccc23)c1. The van der Waals surface area contributed by atoms with Crippen molar-refractivity contribution in [3.63, 3.8) is 0 Å². The van der Waals surface area contributed by atoms with Crippen LogP contribution in [0.5, 0.6) is 0 Å². The van der Waals surface area contributed by atoms with Crippen LogP contribution in [0.3, 0.4) is 0 Å². The predicted octanol–water partition coefficient (Wildman–Crippen LogP) is 17.2. The first-order valence-corrected chi connectivity index (χ1v) is 21.2. The van der Waals surface area contributed by atoms with Gasteiger partial charge in [0.25, 0.3) is 0 Å². The van der Waals surface area contributed by atoms with Crippen LogP contribution < -0.4 is 4.90 Å². The van der Waals surface area contributed by atoms with Crippen molar-refractivity contribution in [1.82, 2.24) is 0 Å². The van der Waals surface area contributed by atoms with Gasteiger partial charge in [0.15, 0.2) is 0 Å². The van der Waals surface area contributed by atoms with Crippen LogP contribution in [0.15, 0.2) is 241 Å². The van der Waals surface area contributed by atoms with Gasteiger partial charge in [0.05, 0.1) is 5.69 Å². The van der Waals surface area contributed by atoms with E-state index < -0.39 is 0 Å². The molecule has 0 atom stereocenters. The van der Waals surface area contributed by atoms with E-state index in [0.29, 0.717) is 0 Å². The highest BCUT2D eigenvalue weighted by Gasteiger charge is 2.19. The second-order valence-corrected chi connectivity index (χ2v) is 16.1. The second-order valence-electron chi connectivity index (χ2n) is 16.1. The molecule has 290 valence electrons. The quantitative estimate of drug-likeness (QED) is 0.150. The zero-order chi connectivity index (χ0) is 41.0. The first-order chi connectivity index (χ1) is 30.7. The number of fused-ring (bicyclic) bond motifs is 6. The molecule has 0 amide bonds. The maximum absolute atomic E-state index is 6.31. The number of hydrogen-bond acceptors (Lipinski definition) is 2. The molecule has 2 heteroatoms. The smallest absolute Gasteiger partial charge is 0.135 e. The molecule has 0 saturated heterocycles. The van der Waals surface area contributed by atoms with Crippen molar-refractivity contribution in [2.45, 2.75) is 0 Å². The number of furan rings is 1. The Morgan fingerprint density at radius 3 is 1.55 bits per heavy atom. The normalized spacial score (nSPS) is 11.5. The minimum Gasteiger partial charge on any atom is -0.456 e. The molecule has 0 fully saturated rings. The molecule has 12 rings (SSSR count). The lowest BCUT2D eigenvalue weighted by atomic mass is 9.93. The largest absolute Gasteiger partial charge is 0.456 e. The molecule has 1 heterocycles. The molecule has 2 nitrogen and oxygen atoms in total. The summed E-state index contributed by atoms with van der Waals surface area (Å²) in [6, 6.07) is 85.5. The Bertz CT molecular complexity index is 3600. The van der Waals surface area contributed by atoms with Crippen LogP contribution in [0.1, 0.15) is 0 Å². The molecular formula is C60H39NO. The maximum Gasteiger partial charge on any atom is 0.135 e. The fraction of sp³-hybridized carbons (Fsp3) is 0. The molecule has 0 spiro atoms. The lowest BCUT2D eigenvalue weighted by molar-refractivity contribution is 0.631. The summed E-state index contributed by atoms with van der Waals surface area (Å²) in [6.07, 6.45) is 0. The number of para-hydroxylation sites is 1. The topological polar surface area (TPSA) is 16.4 Å². The van der Waals surface area contributed by atoms with E-state index >= 15 is 0 Å². The first-order valence-electron chi connectivity index (χ1n) is 21.2. The van der Waals surface area contributed by atoms with Gasteiger partial charge in [0.2, 0.25) is 0 Å². The third-order valence-electron chi connectivity index (χ3n) is 12.5. The Hall–Kier alpha value is -8.20. The van der Waals surface area contributed by atoms with E-state index in [1.807, 2.05) is 12.1 Å². The van der Waals surface area contributed by atoms with E-state index in [2.05, 4.69) is 229 Å². The van der Waals surface area contributed by atoms with Gasteiger partial charge in [-0.05, 0) is 126 Å². The summed E-state index contributed by atoms with van der Waals surface area (Å²) >= 11 is 0. The van der Waals surface area contributed by atoms with Gasteiger partial charge in [0, 0.05) is 27.7 Å². The highest BCUT2D eigenvalue weighted by molar-refractivity contribution is 6.14. The van der Waals surface area contributed by atoms with Crippen LogP contribution in [0.25, 0.3) is 98.8 Å². The fourth-order valence-corrected chi connectivity index (χ4v) is 9.47. The number of anilines is 3. The van der Waals surface area contributed by atoms with E-state index in [-0.39, 0.29) is 0 Å². The van der Waals surface area contributed by atoms with Gasteiger partial charge in [-0.25, -0.2) is 0 Å². The van der Waals surface area contributed by atoms with Gasteiger partial charge >= 0.3 is 0 Å². The summed E-state index contributed by atoms with van der Waals surface area (Å²) in [4.78, 5) is 2.41. The van der Waals surface area contributed by atoms with Crippen LogP contribution in [-0.4, -0.2) is 0 Å². The monoisotopic (exact) mass is 789 g/mol. The van der Waals surface area contributed by atoms with Crippen LogP contribution >= 0.6 is 0 Å². The zero-order valence-corrected chi connectivity index (χ0v) is 33.9. The van der Waals surface area contributed by atoms with Gasteiger partial charge < -0.3 is 9.32 Å². The minimum absolute atomic E-state index is 0.868. The zero-order valence-electron chi connectivity index (χ0n) is 33.9. The second kappa shape index (κ2) is 14.8. The van der Waals surface area contributed by atoms with Crippen molar-refractivity contribution in [1.29, 1.82) is 0 Å². The van der Waals surface area contributed by atoms with Crippen molar-refractivity contribution in [3.05, 3.63) is 237 Å².